The summed E-state index contributed by atoms with van der Waals surface area (Å²) in [4.78, 5) is 11.3. The van der Waals surface area contributed by atoms with Crippen molar-refractivity contribution < 1.29 is 13.6 Å². The molecule has 0 bridgehead atoms. The van der Waals surface area contributed by atoms with Gasteiger partial charge >= 0.3 is 0 Å². The second-order valence-corrected chi connectivity index (χ2v) is 3.72. The smallest absolute Gasteiger partial charge is 0.220 e. The number of amides is 1. The van der Waals surface area contributed by atoms with Crippen LogP contribution in [0.2, 0.25) is 0 Å². The van der Waals surface area contributed by atoms with Crippen molar-refractivity contribution in [1.82, 2.24) is 10.6 Å². The SMILES string of the molecule is CNCCCC(=O)NCc1cc(F)ccc1F.Cl. The van der Waals surface area contributed by atoms with Crippen LogP contribution in [0.15, 0.2) is 18.2 Å². The van der Waals surface area contributed by atoms with Gasteiger partial charge in [-0.05, 0) is 38.2 Å². The molecule has 0 atom stereocenters. The lowest BCUT2D eigenvalue weighted by atomic mass is 10.2. The summed E-state index contributed by atoms with van der Waals surface area (Å²) in [7, 11) is 1.81. The van der Waals surface area contributed by atoms with Gasteiger partial charge < -0.3 is 10.6 Å². The van der Waals surface area contributed by atoms with Crippen molar-refractivity contribution in [2.75, 3.05) is 13.6 Å². The highest BCUT2D eigenvalue weighted by Crippen LogP contribution is 2.09. The van der Waals surface area contributed by atoms with E-state index in [1.165, 1.54) is 0 Å². The van der Waals surface area contributed by atoms with Gasteiger partial charge in [0, 0.05) is 18.5 Å². The number of rotatable bonds is 6. The van der Waals surface area contributed by atoms with Crippen molar-refractivity contribution in [2.45, 2.75) is 19.4 Å². The zero-order chi connectivity index (χ0) is 12.7. The molecule has 0 heterocycles. The van der Waals surface area contributed by atoms with Crippen molar-refractivity contribution in [2.24, 2.45) is 0 Å². The summed E-state index contributed by atoms with van der Waals surface area (Å²) in [6.07, 6.45) is 1.09. The molecular formula is C12H17ClF2N2O. The summed E-state index contributed by atoms with van der Waals surface area (Å²) >= 11 is 0. The van der Waals surface area contributed by atoms with Gasteiger partial charge in [-0.2, -0.15) is 0 Å². The molecule has 0 saturated heterocycles. The normalized spacial score (nSPS) is 9.72. The van der Waals surface area contributed by atoms with Crippen LogP contribution in [-0.2, 0) is 11.3 Å². The van der Waals surface area contributed by atoms with Crippen molar-refractivity contribution >= 4 is 18.3 Å². The Hall–Kier alpha value is -1.20. The van der Waals surface area contributed by atoms with E-state index in [2.05, 4.69) is 10.6 Å². The Bertz CT molecular complexity index is 388. The Morgan fingerprint density at radius 2 is 2.06 bits per heavy atom. The van der Waals surface area contributed by atoms with Gasteiger partial charge in [-0.3, -0.25) is 4.79 Å². The van der Waals surface area contributed by atoms with Gasteiger partial charge in [0.25, 0.3) is 0 Å². The molecule has 0 spiro atoms. The molecule has 0 aliphatic heterocycles. The zero-order valence-electron chi connectivity index (χ0n) is 10.1. The topological polar surface area (TPSA) is 41.1 Å². The van der Waals surface area contributed by atoms with Crippen LogP contribution in [0.1, 0.15) is 18.4 Å². The molecule has 0 aliphatic rings. The minimum atomic E-state index is -0.512. The van der Waals surface area contributed by atoms with Crippen molar-refractivity contribution in [3.05, 3.63) is 35.4 Å². The number of halogens is 3. The van der Waals surface area contributed by atoms with E-state index < -0.39 is 11.6 Å². The first-order valence-electron chi connectivity index (χ1n) is 5.48. The van der Waals surface area contributed by atoms with E-state index in [9.17, 15) is 13.6 Å². The minimum Gasteiger partial charge on any atom is -0.352 e. The number of nitrogens with one attached hydrogen (secondary N) is 2. The monoisotopic (exact) mass is 278 g/mol. The fourth-order valence-corrected chi connectivity index (χ4v) is 1.39. The molecule has 0 fully saturated rings. The predicted octanol–water partition coefficient (Wildman–Crippen LogP) is 2.00. The molecule has 2 N–H and O–H groups in total. The van der Waals surface area contributed by atoms with Gasteiger partial charge in [0.05, 0.1) is 0 Å². The summed E-state index contributed by atoms with van der Waals surface area (Å²) in [6.45, 7) is 0.768. The van der Waals surface area contributed by atoms with Crippen LogP contribution in [-0.4, -0.2) is 19.5 Å². The lowest BCUT2D eigenvalue weighted by molar-refractivity contribution is -0.121. The third-order valence-corrected chi connectivity index (χ3v) is 2.31. The Morgan fingerprint density at radius 3 is 2.72 bits per heavy atom. The summed E-state index contributed by atoms with van der Waals surface area (Å²) in [6, 6.07) is 3.19. The molecule has 0 unspecified atom stereocenters. The molecule has 1 aromatic rings. The van der Waals surface area contributed by atoms with Crippen molar-refractivity contribution in [3.63, 3.8) is 0 Å². The van der Waals surface area contributed by atoms with E-state index >= 15 is 0 Å². The molecule has 6 heteroatoms. The summed E-state index contributed by atoms with van der Waals surface area (Å²) in [5, 5.41) is 5.48. The third kappa shape index (κ3) is 5.93. The van der Waals surface area contributed by atoms with Crippen molar-refractivity contribution in [3.8, 4) is 0 Å². The van der Waals surface area contributed by atoms with Crippen LogP contribution in [0.25, 0.3) is 0 Å². The van der Waals surface area contributed by atoms with E-state index in [1.54, 1.807) is 7.05 Å². The number of hydrogen-bond donors (Lipinski definition) is 2. The van der Waals surface area contributed by atoms with Crippen molar-refractivity contribution in [1.29, 1.82) is 0 Å². The van der Waals surface area contributed by atoms with Gasteiger partial charge in [-0.25, -0.2) is 8.78 Å². The van der Waals surface area contributed by atoms with E-state index in [4.69, 9.17) is 0 Å². The Morgan fingerprint density at radius 1 is 1.33 bits per heavy atom. The third-order valence-electron chi connectivity index (χ3n) is 2.31. The molecule has 0 aliphatic carbocycles. The Kier molecular flexibility index (Phi) is 8.24. The molecule has 102 valence electrons. The molecule has 1 aromatic carbocycles. The van der Waals surface area contributed by atoms with Gasteiger partial charge in [0.15, 0.2) is 0 Å². The number of carbonyl (C=O) groups excluding carboxylic acids is 1. The lowest BCUT2D eigenvalue weighted by Gasteiger charge is -2.06. The second-order valence-electron chi connectivity index (χ2n) is 3.72. The standard InChI is InChI=1S/C12H16F2N2O.ClH/c1-15-6-2-3-12(17)16-8-9-7-10(13)4-5-11(9)14;/h4-5,7,15H,2-3,6,8H2,1H3,(H,16,17);1H. The highest BCUT2D eigenvalue weighted by atomic mass is 35.5. The summed E-state index contributed by atoms with van der Waals surface area (Å²) < 4.78 is 26.0. The van der Waals surface area contributed by atoms with Gasteiger partial charge in [-0.1, -0.05) is 0 Å². The number of benzene rings is 1. The summed E-state index contributed by atoms with van der Waals surface area (Å²) in [5.74, 6) is -1.18. The number of carbonyl (C=O) groups is 1. The first-order valence-corrected chi connectivity index (χ1v) is 5.48. The molecule has 1 amide bonds. The minimum absolute atomic E-state index is 0. The molecule has 3 nitrogen and oxygen atoms in total. The number of hydrogen-bond acceptors (Lipinski definition) is 2. The summed E-state index contributed by atoms with van der Waals surface area (Å²) in [5.41, 5.74) is 0.159. The van der Waals surface area contributed by atoms with Crippen LogP contribution in [0.5, 0.6) is 0 Å². The Labute approximate surface area is 111 Å². The first kappa shape index (κ1) is 16.8. The zero-order valence-corrected chi connectivity index (χ0v) is 10.9. The molecule has 0 aromatic heterocycles. The fourth-order valence-electron chi connectivity index (χ4n) is 1.39. The van der Waals surface area contributed by atoms with E-state index in [0.717, 1.165) is 24.7 Å². The van der Waals surface area contributed by atoms with Crippen LogP contribution >= 0.6 is 12.4 Å². The van der Waals surface area contributed by atoms with Crippen LogP contribution in [0, 0.1) is 11.6 Å². The predicted molar refractivity (Wildman–Crippen MR) is 68.6 cm³/mol. The van der Waals surface area contributed by atoms with Gasteiger partial charge in [0.1, 0.15) is 11.6 Å². The molecule has 1 rings (SSSR count). The van der Waals surface area contributed by atoms with Crippen LogP contribution < -0.4 is 10.6 Å². The largest absolute Gasteiger partial charge is 0.352 e. The lowest BCUT2D eigenvalue weighted by Crippen LogP contribution is -2.24. The van der Waals surface area contributed by atoms with Gasteiger partial charge in [0.2, 0.25) is 5.91 Å². The maximum Gasteiger partial charge on any atom is 0.220 e. The molecule has 0 radical (unpaired) electrons. The Balaban J connectivity index is 0.00000289. The average Bonchev–Trinajstić information content (AvgIpc) is 2.31. The maximum atomic E-state index is 13.2. The highest BCUT2D eigenvalue weighted by molar-refractivity contribution is 5.85. The maximum absolute atomic E-state index is 13.2. The van der Waals surface area contributed by atoms with Crippen LogP contribution in [0.4, 0.5) is 8.78 Å². The first-order chi connectivity index (χ1) is 8.13. The fraction of sp³-hybridized carbons (Fsp3) is 0.417. The van der Waals surface area contributed by atoms with E-state index in [-0.39, 0.29) is 30.4 Å². The van der Waals surface area contributed by atoms with E-state index in [1.807, 2.05) is 0 Å². The molecule has 18 heavy (non-hydrogen) atoms. The quantitative estimate of drug-likeness (QED) is 0.782. The second kappa shape index (κ2) is 8.83. The van der Waals surface area contributed by atoms with E-state index in [0.29, 0.717) is 12.8 Å². The van der Waals surface area contributed by atoms with Gasteiger partial charge in [-0.15, -0.1) is 12.4 Å². The molecular weight excluding hydrogens is 262 g/mol. The van der Waals surface area contributed by atoms with Crippen LogP contribution in [0.3, 0.4) is 0 Å². The molecule has 0 saturated carbocycles. The average molecular weight is 279 g/mol. The highest BCUT2D eigenvalue weighted by Gasteiger charge is 2.06.